The van der Waals surface area contributed by atoms with E-state index in [0.717, 1.165) is 26.1 Å². The van der Waals surface area contributed by atoms with Gasteiger partial charge in [0.1, 0.15) is 4.34 Å². The molecule has 0 spiro atoms. The second kappa shape index (κ2) is 6.55. The summed E-state index contributed by atoms with van der Waals surface area (Å²) in [5.74, 6) is 0.0626. The summed E-state index contributed by atoms with van der Waals surface area (Å²) in [6, 6.07) is 2.20. The molecule has 1 aromatic heterocycles. The van der Waals surface area contributed by atoms with Crippen molar-refractivity contribution in [2.75, 3.05) is 33.2 Å². The van der Waals surface area contributed by atoms with Gasteiger partial charge in [0.05, 0.1) is 16.4 Å². The number of halogens is 2. The highest BCUT2D eigenvalue weighted by atomic mass is 35.5. The third-order valence-corrected chi connectivity index (χ3v) is 5.14. The first kappa shape index (κ1) is 15.3. The Bertz CT molecular complexity index is 463. The normalized spacial score (nSPS) is 21.8. The molecule has 1 aliphatic rings. The van der Waals surface area contributed by atoms with E-state index in [-0.39, 0.29) is 5.78 Å². The molecule has 1 aromatic rings. The molecule has 106 valence electrons. The van der Waals surface area contributed by atoms with Gasteiger partial charge in [-0.25, -0.2) is 0 Å². The molecule has 0 aliphatic carbocycles. The van der Waals surface area contributed by atoms with Crippen molar-refractivity contribution in [2.24, 2.45) is 0 Å². The van der Waals surface area contributed by atoms with E-state index < -0.39 is 0 Å². The van der Waals surface area contributed by atoms with Crippen molar-refractivity contribution in [3.63, 3.8) is 0 Å². The van der Waals surface area contributed by atoms with Crippen molar-refractivity contribution < 1.29 is 4.79 Å². The summed E-state index contributed by atoms with van der Waals surface area (Å²) in [4.78, 5) is 16.8. The molecule has 1 fully saturated rings. The van der Waals surface area contributed by atoms with E-state index in [2.05, 4.69) is 23.8 Å². The van der Waals surface area contributed by atoms with Crippen molar-refractivity contribution >= 4 is 40.3 Å². The molecular formula is C13H18Cl2N2OS. The Morgan fingerprint density at radius 3 is 2.79 bits per heavy atom. The number of ketones is 1. The molecule has 0 aromatic carbocycles. The van der Waals surface area contributed by atoms with Crippen LogP contribution in [0.25, 0.3) is 0 Å². The highest BCUT2D eigenvalue weighted by molar-refractivity contribution is 7.20. The maximum absolute atomic E-state index is 12.2. The predicted molar refractivity (Wildman–Crippen MR) is 81.8 cm³/mol. The topological polar surface area (TPSA) is 23.6 Å². The number of nitrogens with zero attached hydrogens (tertiary/aromatic N) is 2. The number of hydrogen-bond donors (Lipinski definition) is 0. The van der Waals surface area contributed by atoms with Gasteiger partial charge in [-0.05, 0) is 19.5 Å². The van der Waals surface area contributed by atoms with Crippen molar-refractivity contribution in [3.05, 3.63) is 20.3 Å². The minimum atomic E-state index is 0.0626. The van der Waals surface area contributed by atoms with Crippen LogP contribution >= 0.6 is 34.5 Å². The van der Waals surface area contributed by atoms with Crippen molar-refractivity contribution in [2.45, 2.75) is 19.4 Å². The van der Waals surface area contributed by atoms with Gasteiger partial charge in [0.15, 0.2) is 5.78 Å². The van der Waals surface area contributed by atoms with E-state index in [4.69, 9.17) is 23.2 Å². The van der Waals surface area contributed by atoms with Crippen molar-refractivity contribution in [1.29, 1.82) is 0 Å². The maximum Gasteiger partial charge on any atom is 0.179 e. The van der Waals surface area contributed by atoms with E-state index in [1.54, 1.807) is 6.07 Å². The number of hydrogen-bond acceptors (Lipinski definition) is 4. The zero-order valence-corrected chi connectivity index (χ0v) is 13.5. The summed E-state index contributed by atoms with van der Waals surface area (Å²) >= 11 is 13.2. The van der Waals surface area contributed by atoms with Gasteiger partial charge < -0.3 is 4.90 Å². The van der Waals surface area contributed by atoms with Crippen LogP contribution in [0.5, 0.6) is 0 Å². The summed E-state index contributed by atoms with van der Waals surface area (Å²) in [5.41, 5.74) is 0.559. The van der Waals surface area contributed by atoms with Crippen LogP contribution in [0, 0.1) is 0 Å². The van der Waals surface area contributed by atoms with Gasteiger partial charge in [0.25, 0.3) is 0 Å². The number of thiophene rings is 1. The van der Waals surface area contributed by atoms with Crippen LogP contribution in [0.3, 0.4) is 0 Å². The first-order valence-electron chi connectivity index (χ1n) is 6.42. The Hall–Kier alpha value is -0.130. The number of carbonyl (C=O) groups is 1. The Kier molecular flexibility index (Phi) is 5.26. The molecule has 1 unspecified atom stereocenters. The zero-order valence-electron chi connectivity index (χ0n) is 11.2. The SMILES string of the molecule is CCC1CN(CC(=O)c2cc(Cl)sc2Cl)CCN1C. The molecule has 1 atom stereocenters. The van der Waals surface area contributed by atoms with Gasteiger partial charge in [0.2, 0.25) is 0 Å². The lowest BCUT2D eigenvalue weighted by Crippen LogP contribution is -2.52. The third kappa shape index (κ3) is 3.70. The maximum atomic E-state index is 12.2. The Labute approximate surface area is 128 Å². The van der Waals surface area contributed by atoms with Gasteiger partial charge in [-0.15, -0.1) is 11.3 Å². The lowest BCUT2D eigenvalue weighted by atomic mass is 10.1. The van der Waals surface area contributed by atoms with Crippen LogP contribution in [0.4, 0.5) is 0 Å². The highest BCUT2D eigenvalue weighted by Crippen LogP contribution is 2.31. The second-order valence-electron chi connectivity index (χ2n) is 4.94. The lowest BCUT2D eigenvalue weighted by molar-refractivity contribution is 0.0743. The van der Waals surface area contributed by atoms with Crippen LogP contribution < -0.4 is 0 Å². The Morgan fingerprint density at radius 2 is 2.21 bits per heavy atom. The van der Waals surface area contributed by atoms with Gasteiger partial charge in [0, 0.05) is 25.7 Å². The number of likely N-dealkylation sites (N-methyl/N-ethyl adjacent to an activating group) is 1. The lowest BCUT2D eigenvalue weighted by Gasteiger charge is -2.38. The largest absolute Gasteiger partial charge is 0.301 e. The summed E-state index contributed by atoms with van der Waals surface area (Å²) in [6.07, 6.45) is 1.10. The van der Waals surface area contributed by atoms with Gasteiger partial charge >= 0.3 is 0 Å². The van der Waals surface area contributed by atoms with Crippen LogP contribution in [-0.2, 0) is 0 Å². The molecule has 0 saturated carbocycles. The van der Waals surface area contributed by atoms with Gasteiger partial charge in [-0.1, -0.05) is 30.1 Å². The van der Waals surface area contributed by atoms with E-state index in [1.807, 2.05) is 0 Å². The zero-order chi connectivity index (χ0) is 14.0. The fourth-order valence-electron chi connectivity index (χ4n) is 2.41. The van der Waals surface area contributed by atoms with E-state index in [1.165, 1.54) is 11.3 Å². The summed E-state index contributed by atoms with van der Waals surface area (Å²) in [7, 11) is 2.14. The molecule has 6 heteroatoms. The number of carbonyl (C=O) groups excluding carboxylic acids is 1. The third-order valence-electron chi connectivity index (χ3n) is 3.66. The molecule has 19 heavy (non-hydrogen) atoms. The number of rotatable bonds is 4. The van der Waals surface area contributed by atoms with E-state index in [9.17, 15) is 4.79 Å². The minimum Gasteiger partial charge on any atom is -0.301 e. The fourth-order valence-corrected chi connectivity index (χ4v) is 3.91. The Morgan fingerprint density at radius 1 is 1.47 bits per heavy atom. The van der Waals surface area contributed by atoms with Crippen LogP contribution in [0.1, 0.15) is 23.7 Å². The molecule has 3 nitrogen and oxygen atoms in total. The summed E-state index contributed by atoms with van der Waals surface area (Å²) in [6.45, 7) is 5.48. The number of Topliss-reactive ketones (excluding diaryl/α,β-unsaturated/α-hetero) is 1. The molecule has 2 heterocycles. The standard InChI is InChI=1S/C13H18Cl2N2OS/c1-3-9-7-17(5-4-16(9)2)8-11(18)10-6-12(14)19-13(10)15/h6,9H,3-5,7-8H2,1-2H3. The molecule has 1 aliphatic heterocycles. The summed E-state index contributed by atoms with van der Waals surface area (Å²) in [5, 5.41) is 0. The predicted octanol–water partition coefficient (Wildman–Crippen LogP) is 3.26. The van der Waals surface area contributed by atoms with Crippen LogP contribution in [-0.4, -0.2) is 54.9 Å². The van der Waals surface area contributed by atoms with Crippen molar-refractivity contribution in [3.8, 4) is 0 Å². The van der Waals surface area contributed by atoms with Gasteiger partial charge in [-0.2, -0.15) is 0 Å². The molecule has 0 bridgehead atoms. The molecule has 0 N–H and O–H groups in total. The van der Waals surface area contributed by atoms with Gasteiger partial charge in [-0.3, -0.25) is 9.69 Å². The highest BCUT2D eigenvalue weighted by Gasteiger charge is 2.25. The minimum absolute atomic E-state index is 0.0626. The number of piperazine rings is 1. The first-order chi connectivity index (χ1) is 9.01. The summed E-state index contributed by atoms with van der Waals surface area (Å²) < 4.78 is 1.06. The quantitative estimate of drug-likeness (QED) is 0.795. The molecule has 1 saturated heterocycles. The van der Waals surface area contributed by atoms with Crippen LogP contribution in [0.15, 0.2) is 6.07 Å². The molecule has 2 rings (SSSR count). The second-order valence-corrected chi connectivity index (χ2v) is 7.22. The molecule has 0 radical (unpaired) electrons. The molecular weight excluding hydrogens is 303 g/mol. The monoisotopic (exact) mass is 320 g/mol. The smallest absolute Gasteiger partial charge is 0.179 e. The van der Waals surface area contributed by atoms with Crippen molar-refractivity contribution in [1.82, 2.24) is 9.80 Å². The van der Waals surface area contributed by atoms with Crippen LogP contribution in [0.2, 0.25) is 8.67 Å². The van der Waals surface area contributed by atoms with E-state index >= 15 is 0 Å². The average molecular weight is 321 g/mol. The fraction of sp³-hybridized carbons (Fsp3) is 0.615. The molecule has 0 amide bonds. The first-order valence-corrected chi connectivity index (χ1v) is 7.99. The Balaban J connectivity index is 1.98. The average Bonchev–Trinajstić information content (AvgIpc) is 2.71. The van der Waals surface area contributed by atoms with E-state index in [0.29, 0.717) is 26.8 Å².